The van der Waals surface area contributed by atoms with Crippen molar-refractivity contribution in [3.05, 3.63) is 47.9 Å². The van der Waals surface area contributed by atoms with Crippen LogP contribution < -0.4 is 9.47 Å². The average molecular weight is 379 g/mol. The number of rotatable bonds is 13. The first-order chi connectivity index (χ1) is 13.1. The number of ether oxygens (including phenoxy) is 4. The van der Waals surface area contributed by atoms with Crippen molar-refractivity contribution in [2.45, 2.75) is 19.3 Å². The predicted octanol–water partition coefficient (Wildman–Crippen LogP) is 2.32. The van der Waals surface area contributed by atoms with Crippen molar-refractivity contribution >= 4 is 0 Å². The van der Waals surface area contributed by atoms with E-state index in [9.17, 15) is 5.11 Å². The number of methoxy groups -OCH3 is 3. The van der Waals surface area contributed by atoms with E-state index >= 15 is 0 Å². The zero-order valence-electron chi connectivity index (χ0n) is 16.2. The molecule has 0 aliphatic rings. The monoisotopic (exact) mass is 379 g/mol. The van der Waals surface area contributed by atoms with Crippen LogP contribution in [-0.2, 0) is 22.6 Å². The summed E-state index contributed by atoms with van der Waals surface area (Å²) in [6.07, 6.45) is 0.980. The molecule has 0 aliphatic carbocycles. The highest BCUT2D eigenvalue weighted by atomic mass is 16.5. The van der Waals surface area contributed by atoms with Gasteiger partial charge in [0, 0.05) is 32.8 Å². The van der Waals surface area contributed by atoms with Gasteiger partial charge < -0.3 is 28.5 Å². The molecule has 1 aromatic heterocycles. The maximum absolute atomic E-state index is 10.3. The lowest BCUT2D eigenvalue weighted by Crippen LogP contribution is -2.36. The van der Waals surface area contributed by atoms with Crippen molar-refractivity contribution in [2.24, 2.45) is 0 Å². The number of nitrogens with zero attached hydrogens (tertiary/aromatic N) is 1. The number of aliphatic hydroxyl groups excluding tert-OH is 1. The average Bonchev–Trinajstić information content (AvgIpc) is 3.19. The second-order valence-corrected chi connectivity index (χ2v) is 6.20. The molecule has 1 aromatic carbocycles. The summed E-state index contributed by atoms with van der Waals surface area (Å²) < 4.78 is 26.6. The Morgan fingerprint density at radius 3 is 2.44 bits per heavy atom. The second kappa shape index (κ2) is 11.6. The molecule has 0 radical (unpaired) electrons. The molecule has 0 spiro atoms. The van der Waals surface area contributed by atoms with Crippen LogP contribution in [0.2, 0.25) is 0 Å². The summed E-state index contributed by atoms with van der Waals surface area (Å²) in [5.74, 6) is 2.21. The van der Waals surface area contributed by atoms with E-state index in [1.54, 1.807) is 27.6 Å². The van der Waals surface area contributed by atoms with Gasteiger partial charge in [0.2, 0.25) is 0 Å². The first kappa shape index (κ1) is 21.2. The minimum absolute atomic E-state index is 0.228. The summed E-state index contributed by atoms with van der Waals surface area (Å²) in [5, 5.41) is 10.3. The predicted molar refractivity (Wildman–Crippen MR) is 101 cm³/mol. The third-order valence-electron chi connectivity index (χ3n) is 4.03. The summed E-state index contributed by atoms with van der Waals surface area (Å²) in [4.78, 5) is 2.11. The zero-order valence-corrected chi connectivity index (χ0v) is 16.2. The van der Waals surface area contributed by atoms with Gasteiger partial charge in [0.15, 0.2) is 0 Å². The smallest absolute Gasteiger partial charge is 0.129 e. The van der Waals surface area contributed by atoms with Gasteiger partial charge >= 0.3 is 0 Å². The fourth-order valence-corrected chi connectivity index (χ4v) is 2.71. The van der Waals surface area contributed by atoms with Gasteiger partial charge in [-0.3, -0.25) is 4.90 Å². The van der Waals surface area contributed by atoms with Crippen molar-refractivity contribution in [3.63, 3.8) is 0 Å². The molecule has 0 saturated carbocycles. The summed E-state index contributed by atoms with van der Waals surface area (Å²) in [6, 6.07) is 9.40. The Morgan fingerprint density at radius 2 is 1.85 bits per heavy atom. The Balaban J connectivity index is 1.91. The number of hydrogen-bond acceptors (Lipinski definition) is 7. The lowest BCUT2D eigenvalue weighted by molar-refractivity contribution is 0.000475. The first-order valence-electron chi connectivity index (χ1n) is 8.86. The zero-order chi connectivity index (χ0) is 19.5. The Morgan fingerprint density at radius 1 is 1.11 bits per heavy atom. The van der Waals surface area contributed by atoms with Gasteiger partial charge in [0.1, 0.15) is 23.9 Å². The molecule has 0 aliphatic heterocycles. The number of furan rings is 1. The van der Waals surface area contributed by atoms with E-state index in [2.05, 4.69) is 4.90 Å². The molecule has 1 heterocycles. The molecule has 27 heavy (non-hydrogen) atoms. The quantitative estimate of drug-likeness (QED) is 0.572. The molecule has 7 nitrogen and oxygen atoms in total. The van der Waals surface area contributed by atoms with Crippen molar-refractivity contribution < 1.29 is 28.5 Å². The summed E-state index contributed by atoms with van der Waals surface area (Å²) in [7, 11) is 4.92. The standard InChI is InChI=1S/C20H29NO6/c1-23-8-6-21(12-16-9-19(24-2)11-20(10-16)25-3)13-17(22)14-26-15-18-5-4-7-27-18/h4-5,7,9-11,17,22H,6,8,12-15H2,1-3H3. The first-order valence-corrected chi connectivity index (χ1v) is 8.86. The van der Waals surface area contributed by atoms with Crippen LogP contribution in [0.1, 0.15) is 11.3 Å². The van der Waals surface area contributed by atoms with Crippen molar-refractivity contribution in [1.29, 1.82) is 0 Å². The van der Waals surface area contributed by atoms with Crippen LogP contribution in [0.15, 0.2) is 41.0 Å². The van der Waals surface area contributed by atoms with Gasteiger partial charge in [0.25, 0.3) is 0 Å². The Hall–Kier alpha value is -2.06. The molecule has 0 saturated heterocycles. The van der Waals surface area contributed by atoms with E-state index in [0.717, 1.165) is 22.8 Å². The maximum Gasteiger partial charge on any atom is 0.129 e. The Labute approximate surface area is 160 Å². The van der Waals surface area contributed by atoms with E-state index in [0.29, 0.717) is 32.8 Å². The maximum atomic E-state index is 10.3. The highest BCUT2D eigenvalue weighted by molar-refractivity contribution is 5.38. The summed E-state index contributed by atoms with van der Waals surface area (Å²) >= 11 is 0. The van der Waals surface area contributed by atoms with Crippen LogP contribution in [0.5, 0.6) is 11.5 Å². The number of aliphatic hydroxyl groups is 1. The van der Waals surface area contributed by atoms with Crippen LogP contribution in [-0.4, -0.2) is 63.7 Å². The summed E-state index contributed by atoms with van der Waals surface area (Å²) in [6.45, 7) is 2.92. The van der Waals surface area contributed by atoms with Crippen LogP contribution in [0.4, 0.5) is 0 Å². The molecule has 0 fully saturated rings. The molecule has 1 N–H and O–H groups in total. The van der Waals surface area contributed by atoms with Crippen molar-refractivity contribution in [3.8, 4) is 11.5 Å². The van der Waals surface area contributed by atoms with E-state index < -0.39 is 6.10 Å². The molecular weight excluding hydrogens is 350 g/mol. The topological polar surface area (TPSA) is 73.5 Å². The molecule has 0 bridgehead atoms. The Bertz CT molecular complexity index is 624. The largest absolute Gasteiger partial charge is 0.497 e. The second-order valence-electron chi connectivity index (χ2n) is 6.20. The Kier molecular flexibility index (Phi) is 9.13. The van der Waals surface area contributed by atoms with E-state index in [4.69, 9.17) is 23.4 Å². The highest BCUT2D eigenvalue weighted by Gasteiger charge is 2.14. The van der Waals surface area contributed by atoms with Gasteiger partial charge in [-0.1, -0.05) is 0 Å². The number of benzene rings is 1. The SMILES string of the molecule is COCCN(Cc1cc(OC)cc(OC)c1)CC(O)COCc1ccco1. The normalized spacial score (nSPS) is 12.3. The summed E-state index contributed by atoms with van der Waals surface area (Å²) in [5.41, 5.74) is 1.03. The van der Waals surface area contributed by atoms with Crippen molar-refractivity contribution in [1.82, 2.24) is 4.90 Å². The highest BCUT2D eigenvalue weighted by Crippen LogP contribution is 2.23. The van der Waals surface area contributed by atoms with Gasteiger partial charge in [-0.15, -0.1) is 0 Å². The lowest BCUT2D eigenvalue weighted by Gasteiger charge is -2.25. The van der Waals surface area contributed by atoms with E-state index in [1.807, 2.05) is 30.3 Å². The third-order valence-corrected chi connectivity index (χ3v) is 4.03. The molecular formula is C20H29NO6. The minimum atomic E-state index is -0.621. The van der Waals surface area contributed by atoms with Gasteiger partial charge in [-0.05, 0) is 29.8 Å². The molecule has 2 aromatic rings. The molecule has 0 amide bonds. The fourth-order valence-electron chi connectivity index (χ4n) is 2.71. The minimum Gasteiger partial charge on any atom is -0.497 e. The van der Waals surface area contributed by atoms with Crippen LogP contribution >= 0.6 is 0 Å². The lowest BCUT2D eigenvalue weighted by atomic mass is 10.1. The number of hydrogen-bond donors (Lipinski definition) is 1. The van der Waals surface area contributed by atoms with E-state index in [-0.39, 0.29) is 6.61 Å². The van der Waals surface area contributed by atoms with Crippen LogP contribution in [0.3, 0.4) is 0 Å². The van der Waals surface area contributed by atoms with Gasteiger partial charge in [0.05, 0.1) is 39.8 Å². The fraction of sp³-hybridized carbons (Fsp3) is 0.500. The molecule has 150 valence electrons. The molecule has 2 rings (SSSR count). The van der Waals surface area contributed by atoms with Crippen LogP contribution in [0.25, 0.3) is 0 Å². The van der Waals surface area contributed by atoms with Crippen LogP contribution in [0, 0.1) is 0 Å². The van der Waals surface area contributed by atoms with Gasteiger partial charge in [-0.2, -0.15) is 0 Å². The molecule has 1 unspecified atom stereocenters. The van der Waals surface area contributed by atoms with E-state index in [1.165, 1.54) is 0 Å². The third kappa shape index (κ3) is 7.60. The van der Waals surface area contributed by atoms with Gasteiger partial charge in [-0.25, -0.2) is 0 Å². The molecule has 1 atom stereocenters. The van der Waals surface area contributed by atoms with Crippen molar-refractivity contribution in [2.75, 3.05) is 47.6 Å². The molecule has 7 heteroatoms.